The van der Waals surface area contributed by atoms with E-state index >= 15 is 0 Å². The molecule has 0 bridgehead atoms. The number of hydrogen-bond acceptors (Lipinski definition) is 1. The highest BCUT2D eigenvalue weighted by molar-refractivity contribution is 5.09. The summed E-state index contributed by atoms with van der Waals surface area (Å²) in [5.74, 6) is 1.15. The molecular weight excluding hydrogens is 184 g/mol. The van der Waals surface area contributed by atoms with Crippen LogP contribution in [0.2, 0.25) is 0 Å². The minimum atomic E-state index is 0.346. The van der Waals surface area contributed by atoms with Gasteiger partial charge in [-0.3, -0.25) is 0 Å². The molecule has 2 atom stereocenters. The maximum atomic E-state index is 9.16. The molecule has 15 heavy (non-hydrogen) atoms. The molecule has 0 amide bonds. The molecule has 1 heteroatoms. The molecule has 0 saturated heterocycles. The molecular formula is C14H24O. The highest BCUT2D eigenvalue weighted by Crippen LogP contribution is 2.31. The van der Waals surface area contributed by atoms with E-state index in [9.17, 15) is 0 Å². The second-order valence-electron chi connectivity index (χ2n) is 5.04. The Bertz CT molecular complexity index is 246. The van der Waals surface area contributed by atoms with Gasteiger partial charge in [0.15, 0.2) is 0 Å². The van der Waals surface area contributed by atoms with Crippen LogP contribution in [-0.2, 0) is 0 Å². The fraction of sp³-hybridized carbons (Fsp3) is 0.714. The van der Waals surface area contributed by atoms with Crippen molar-refractivity contribution in [2.45, 2.75) is 46.5 Å². The van der Waals surface area contributed by atoms with E-state index in [1.165, 1.54) is 24.8 Å². The number of aliphatic hydroxyl groups is 1. The van der Waals surface area contributed by atoms with E-state index in [1.54, 1.807) is 5.57 Å². The van der Waals surface area contributed by atoms with Gasteiger partial charge in [-0.15, -0.1) is 0 Å². The summed E-state index contributed by atoms with van der Waals surface area (Å²) in [6.07, 6.45) is 9.28. The minimum absolute atomic E-state index is 0.346. The van der Waals surface area contributed by atoms with Gasteiger partial charge in [0.05, 0.1) is 0 Å². The molecule has 0 aromatic heterocycles. The van der Waals surface area contributed by atoms with Crippen LogP contribution in [0.4, 0.5) is 0 Å². The van der Waals surface area contributed by atoms with E-state index in [0.717, 1.165) is 6.42 Å². The lowest BCUT2D eigenvalue weighted by Gasteiger charge is -2.27. The lowest BCUT2D eigenvalue weighted by molar-refractivity contribution is 0.176. The summed E-state index contributed by atoms with van der Waals surface area (Å²) in [5, 5.41) is 9.16. The van der Waals surface area contributed by atoms with Gasteiger partial charge in [0.1, 0.15) is 0 Å². The van der Waals surface area contributed by atoms with Gasteiger partial charge in [-0.05, 0) is 51.4 Å². The van der Waals surface area contributed by atoms with Gasteiger partial charge in [-0.25, -0.2) is 0 Å². The average molecular weight is 208 g/mol. The number of rotatable bonds is 4. The third-order valence-corrected chi connectivity index (χ3v) is 3.35. The topological polar surface area (TPSA) is 20.2 Å². The molecule has 0 aromatic carbocycles. The molecule has 0 spiro atoms. The summed E-state index contributed by atoms with van der Waals surface area (Å²) in [5.41, 5.74) is 3.00. The Morgan fingerprint density at radius 3 is 2.80 bits per heavy atom. The van der Waals surface area contributed by atoms with Crippen molar-refractivity contribution in [1.29, 1.82) is 0 Å². The first-order chi connectivity index (χ1) is 7.13. The Balaban J connectivity index is 2.38. The van der Waals surface area contributed by atoms with Crippen LogP contribution in [0.25, 0.3) is 0 Å². The van der Waals surface area contributed by atoms with Gasteiger partial charge >= 0.3 is 0 Å². The normalized spacial score (nSPS) is 26.0. The van der Waals surface area contributed by atoms with Crippen LogP contribution < -0.4 is 0 Å². The lowest BCUT2D eigenvalue weighted by Crippen LogP contribution is -2.19. The molecule has 1 aliphatic carbocycles. The Morgan fingerprint density at radius 2 is 2.27 bits per heavy atom. The van der Waals surface area contributed by atoms with Crippen molar-refractivity contribution in [2.75, 3.05) is 6.61 Å². The standard InChI is InChI=1S/C14H24O/c1-11(2)5-4-6-13-7-8-14(10-15)12(3)9-13/h5,7,12,14-15H,4,6,8-10H2,1-3H3. The molecule has 2 unspecified atom stereocenters. The smallest absolute Gasteiger partial charge is 0.0464 e. The van der Waals surface area contributed by atoms with Gasteiger partial charge in [0.2, 0.25) is 0 Å². The second-order valence-corrected chi connectivity index (χ2v) is 5.04. The molecule has 0 fully saturated rings. The van der Waals surface area contributed by atoms with Crippen LogP contribution in [0, 0.1) is 11.8 Å². The van der Waals surface area contributed by atoms with Crippen LogP contribution in [0.1, 0.15) is 46.5 Å². The molecule has 1 rings (SSSR count). The molecule has 0 heterocycles. The predicted molar refractivity (Wildman–Crippen MR) is 65.7 cm³/mol. The van der Waals surface area contributed by atoms with Crippen LogP contribution in [-0.4, -0.2) is 11.7 Å². The minimum Gasteiger partial charge on any atom is -0.396 e. The van der Waals surface area contributed by atoms with Gasteiger partial charge in [0.25, 0.3) is 0 Å². The molecule has 0 radical (unpaired) electrons. The van der Waals surface area contributed by atoms with Gasteiger partial charge in [-0.1, -0.05) is 30.2 Å². The first-order valence-electron chi connectivity index (χ1n) is 6.05. The third kappa shape index (κ3) is 4.21. The molecule has 86 valence electrons. The fourth-order valence-electron chi connectivity index (χ4n) is 2.22. The van der Waals surface area contributed by atoms with E-state index in [-0.39, 0.29) is 0 Å². The SMILES string of the molecule is CC(C)=CCCC1=CCC(CO)C(C)C1. The zero-order chi connectivity index (χ0) is 11.3. The molecule has 0 saturated carbocycles. The summed E-state index contributed by atoms with van der Waals surface area (Å²) >= 11 is 0. The van der Waals surface area contributed by atoms with E-state index in [0.29, 0.717) is 18.4 Å². The van der Waals surface area contributed by atoms with E-state index < -0.39 is 0 Å². The fourth-order valence-corrected chi connectivity index (χ4v) is 2.22. The highest BCUT2D eigenvalue weighted by atomic mass is 16.3. The zero-order valence-electron chi connectivity index (χ0n) is 10.3. The van der Waals surface area contributed by atoms with Crippen LogP contribution in [0.5, 0.6) is 0 Å². The number of hydrogen-bond donors (Lipinski definition) is 1. The number of allylic oxidation sites excluding steroid dienone is 4. The van der Waals surface area contributed by atoms with Crippen LogP contribution in [0.3, 0.4) is 0 Å². The summed E-state index contributed by atoms with van der Waals surface area (Å²) in [7, 11) is 0. The highest BCUT2D eigenvalue weighted by Gasteiger charge is 2.20. The molecule has 0 aromatic rings. The summed E-state index contributed by atoms with van der Waals surface area (Å²) in [6.45, 7) is 6.91. The summed E-state index contributed by atoms with van der Waals surface area (Å²) < 4.78 is 0. The number of aliphatic hydroxyl groups excluding tert-OH is 1. The van der Waals surface area contributed by atoms with Crippen molar-refractivity contribution in [1.82, 2.24) is 0 Å². The van der Waals surface area contributed by atoms with Crippen molar-refractivity contribution < 1.29 is 5.11 Å². The summed E-state index contributed by atoms with van der Waals surface area (Å²) in [6, 6.07) is 0. The average Bonchev–Trinajstić information content (AvgIpc) is 2.17. The quantitative estimate of drug-likeness (QED) is 0.698. The van der Waals surface area contributed by atoms with E-state index in [1.807, 2.05) is 0 Å². The van der Waals surface area contributed by atoms with Gasteiger partial charge in [0, 0.05) is 6.61 Å². The van der Waals surface area contributed by atoms with Crippen molar-refractivity contribution in [2.24, 2.45) is 11.8 Å². The van der Waals surface area contributed by atoms with Gasteiger partial charge < -0.3 is 5.11 Å². The lowest BCUT2D eigenvalue weighted by atomic mass is 9.80. The second kappa shape index (κ2) is 6.12. The zero-order valence-corrected chi connectivity index (χ0v) is 10.3. The Hall–Kier alpha value is -0.560. The molecule has 1 nitrogen and oxygen atoms in total. The molecule has 1 aliphatic rings. The Morgan fingerprint density at radius 1 is 1.53 bits per heavy atom. The Kier molecular flexibility index (Phi) is 5.10. The molecule has 1 N–H and O–H groups in total. The van der Waals surface area contributed by atoms with Crippen molar-refractivity contribution in [3.05, 3.63) is 23.3 Å². The van der Waals surface area contributed by atoms with Crippen molar-refractivity contribution >= 4 is 0 Å². The summed E-state index contributed by atoms with van der Waals surface area (Å²) in [4.78, 5) is 0. The maximum absolute atomic E-state index is 9.16. The van der Waals surface area contributed by atoms with E-state index in [4.69, 9.17) is 5.11 Å². The monoisotopic (exact) mass is 208 g/mol. The molecule has 0 aliphatic heterocycles. The van der Waals surface area contributed by atoms with Crippen molar-refractivity contribution in [3.63, 3.8) is 0 Å². The van der Waals surface area contributed by atoms with Crippen LogP contribution in [0.15, 0.2) is 23.3 Å². The third-order valence-electron chi connectivity index (χ3n) is 3.35. The largest absolute Gasteiger partial charge is 0.396 e. The van der Waals surface area contributed by atoms with Gasteiger partial charge in [-0.2, -0.15) is 0 Å². The first-order valence-corrected chi connectivity index (χ1v) is 6.05. The maximum Gasteiger partial charge on any atom is 0.0464 e. The van der Waals surface area contributed by atoms with Crippen molar-refractivity contribution in [3.8, 4) is 0 Å². The Labute approximate surface area is 93.9 Å². The first kappa shape index (κ1) is 12.5. The van der Waals surface area contributed by atoms with E-state index in [2.05, 4.69) is 32.9 Å². The predicted octanol–water partition coefficient (Wildman–Crippen LogP) is 3.70. The van der Waals surface area contributed by atoms with Crippen LogP contribution >= 0.6 is 0 Å².